The summed E-state index contributed by atoms with van der Waals surface area (Å²) >= 11 is 0. The van der Waals surface area contributed by atoms with Gasteiger partial charge in [0.15, 0.2) is 0 Å². The lowest BCUT2D eigenvalue weighted by Gasteiger charge is -2.20. The van der Waals surface area contributed by atoms with E-state index in [0.29, 0.717) is 30.4 Å². The molecule has 0 unspecified atom stereocenters. The van der Waals surface area contributed by atoms with E-state index in [0.717, 1.165) is 11.4 Å². The molecule has 4 rings (SSSR count). The Morgan fingerprint density at radius 2 is 1.71 bits per heavy atom. The summed E-state index contributed by atoms with van der Waals surface area (Å²) < 4.78 is 0. The fourth-order valence-corrected chi connectivity index (χ4v) is 3.30. The number of primary amides is 1. The number of nitrogens with two attached hydrogens (primary N) is 1. The number of hydrogen-bond donors (Lipinski definition) is 2. The van der Waals surface area contributed by atoms with Crippen LogP contribution in [0.1, 0.15) is 21.5 Å². The molecule has 2 heterocycles. The molecule has 142 valence electrons. The van der Waals surface area contributed by atoms with Crippen LogP contribution in [-0.2, 0) is 13.1 Å². The summed E-state index contributed by atoms with van der Waals surface area (Å²) in [7, 11) is 3.99. The number of amides is 1. The molecule has 0 aliphatic carbocycles. The average Bonchev–Trinajstić information content (AvgIpc) is 3.12. The fraction of sp³-hybridized carbons (Fsp3) is 0.190. The van der Waals surface area contributed by atoms with Gasteiger partial charge in [-0.3, -0.25) is 4.79 Å². The third-order valence-corrected chi connectivity index (χ3v) is 4.81. The highest BCUT2D eigenvalue weighted by Crippen LogP contribution is 2.30. The highest BCUT2D eigenvalue weighted by molar-refractivity contribution is 5.97. The molecule has 0 atom stereocenters. The smallest absolute Gasteiger partial charge is 0.254 e. The molecular formula is C21H22N6O. The molecule has 1 amide bonds. The van der Waals surface area contributed by atoms with E-state index in [1.165, 1.54) is 17.3 Å². The van der Waals surface area contributed by atoms with E-state index >= 15 is 0 Å². The molecule has 1 aliphatic heterocycles. The SMILES string of the molecule is CN(C)c1ccc(Nc2ncc(C(N)=O)c(N3Cc4ccccc4C3)n2)cc1. The number of nitrogens with one attached hydrogen (secondary N) is 1. The lowest BCUT2D eigenvalue weighted by molar-refractivity contribution is 0.1000. The first-order valence-electron chi connectivity index (χ1n) is 9.04. The van der Waals surface area contributed by atoms with Crippen molar-refractivity contribution in [3.05, 3.63) is 71.4 Å². The molecule has 1 aromatic heterocycles. The predicted octanol–water partition coefficient (Wildman–Crippen LogP) is 2.91. The largest absolute Gasteiger partial charge is 0.378 e. The maximum atomic E-state index is 11.9. The third kappa shape index (κ3) is 3.46. The summed E-state index contributed by atoms with van der Waals surface area (Å²) in [4.78, 5) is 24.9. The molecular weight excluding hydrogens is 352 g/mol. The van der Waals surface area contributed by atoms with Crippen molar-refractivity contribution in [3.63, 3.8) is 0 Å². The van der Waals surface area contributed by atoms with Crippen LogP contribution in [-0.4, -0.2) is 30.0 Å². The minimum Gasteiger partial charge on any atom is -0.378 e. The van der Waals surface area contributed by atoms with Crippen LogP contribution in [0.25, 0.3) is 0 Å². The van der Waals surface area contributed by atoms with Crippen molar-refractivity contribution in [1.29, 1.82) is 0 Å². The fourth-order valence-electron chi connectivity index (χ4n) is 3.30. The zero-order valence-electron chi connectivity index (χ0n) is 15.9. The molecule has 3 aromatic rings. The number of carbonyl (C=O) groups excluding carboxylic acids is 1. The maximum absolute atomic E-state index is 11.9. The molecule has 0 saturated carbocycles. The maximum Gasteiger partial charge on any atom is 0.254 e. The number of carbonyl (C=O) groups is 1. The van der Waals surface area contributed by atoms with Crippen molar-refractivity contribution in [1.82, 2.24) is 9.97 Å². The van der Waals surface area contributed by atoms with E-state index in [1.807, 2.05) is 60.3 Å². The first kappa shape index (κ1) is 17.8. The van der Waals surface area contributed by atoms with Gasteiger partial charge in [-0.2, -0.15) is 4.98 Å². The van der Waals surface area contributed by atoms with Crippen LogP contribution in [0.5, 0.6) is 0 Å². The second-order valence-corrected chi connectivity index (χ2v) is 6.99. The lowest BCUT2D eigenvalue weighted by atomic mass is 10.1. The third-order valence-electron chi connectivity index (χ3n) is 4.81. The number of hydrogen-bond acceptors (Lipinski definition) is 6. The Balaban J connectivity index is 1.62. The van der Waals surface area contributed by atoms with Gasteiger partial charge in [0.1, 0.15) is 11.4 Å². The van der Waals surface area contributed by atoms with Crippen LogP contribution < -0.4 is 20.9 Å². The topological polar surface area (TPSA) is 87.4 Å². The van der Waals surface area contributed by atoms with Crippen molar-refractivity contribution in [3.8, 4) is 0 Å². The van der Waals surface area contributed by atoms with E-state index in [1.54, 1.807) is 0 Å². The van der Waals surface area contributed by atoms with Crippen LogP contribution in [0.3, 0.4) is 0 Å². The number of benzene rings is 2. The van der Waals surface area contributed by atoms with Crippen molar-refractivity contribution in [2.75, 3.05) is 29.2 Å². The van der Waals surface area contributed by atoms with Gasteiger partial charge in [-0.15, -0.1) is 0 Å². The van der Waals surface area contributed by atoms with Crippen LogP contribution in [0.15, 0.2) is 54.7 Å². The van der Waals surface area contributed by atoms with Gasteiger partial charge in [-0.05, 0) is 35.4 Å². The van der Waals surface area contributed by atoms with Crippen molar-refractivity contribution < 1.29 is 4.79 Å². The van der Waals surface area contributed by atoms with Crippen LogP contribution in [0.4, 0.5) is 23.1 Å². The molecule has 0 fully saturated rings. The van der Waals surface area contributed by atoms with Gasteiger partial charge >= 0.3 is 0 Å². The van der Waals surface area contributed by atoms with Gasteiger partial charge < -0.3 is 20.9 Å². The zero-order valence-corrected chi connectivity index (χ0v) is 15.9. The van der Waals surface area contributed by atoms with Crippen molar-refractivity contribution in [2.24, 2.45) is 5.73 Å². The number of rotatable bonds is 5. The second-order valence-electron chi connectivity index (χ2n) is 6.99. The van der Waals surface area contributed by atoms with Gasteiger partial charge in [-0.1, -0.05) is 24.3 Å². The minimum absolute atomic E-state index is 0.321. The molecule has 3 N–H and O–H groups in total. The number of anilines is 4. The molecule has 7 nitrogen and oxygen atoms in total. The Morgan fingerprint density at radius 3 is 2.29 bits per heavy atom. The monoisotopic (exact) mass is 374 g/mol. The van der Waals surface area contributed by atoms with Gasteiger partial charge in [0, 0.05) is 44.8 Å². The molecule has 2 aromatic carbocycles. The Morgan fingerprint density at radius 1 is 1.07 bits per heavy atom. The second kappa shape index (κ2) is 7.19. The number of nitrogens with zero attached hydrogens (tertiary/aromatic N) is 4. The molecule has 0 saturated heterocycles. The number of fused-ring (bicyclic) bond motifs is 1. The van der Waals surface area contributed by atoms with E-state index in [9.17, 15) is 4.79 Å². The van der Waals surface area contributed by atoms with E-state index in [4.69, 9.17) is 5.73 Å². The Bertz CT molecular complexity index is 991. The summed E-state index contributed by atoms with van der Waals surface area (Å²) in [6.07, 6.45) is 1.49. The summed E-state index contributed by atoms with van der Waals surface area (Å²) in [6, 6.07) is 16.2. The van der Waals surface area contributed by atoms with Gasteiger partial charge in [0.2, 0.25) is 5.95 Å². The highest BCUT2D eigenvalue weighted by Gasteiger charge is 2.24. The summed E-state index contributed by atoms with van der Waals surface area (Å²) in [5.41, 5.74) is 10.3. The lowest BCUT2D eigenvalue weighted by Crippen LogP contribution is -2.23. The van der Waals surface area contributed by atoms with Crippen LogP contribution >= 0.6 is 0 Å². The summed E-state index contributed by atoms with van der Waals surface area (Å²) in [5, 5.41) is 3.20. The molecule has 0 radical (unpaired) electrons. The molecule has 7 heteroatoms. The Labute approximate surface area is 163 Å². The normalized spacial score (nSPS) is 12.6. The summed E-state index contributed by atoms with van der Waals surface area (Å²) in [5.74, 6) is 0.438. The van der Waals surface area contributed by atoms with Crippen LogP contribution in [0.2, 0.25) is 0 Å². The van der Waals surface area contributed by atoms with Crippen molar-refractivity contribution in [2.45, 2.75) is 13.1 Å². The predicted molar refractivity (Wildman–Crippen MR) is 111 cm³/mol. The Hall–Kier alpha value is -3.61. The van der Waals surface area contributed by atoms with Gasteiger partial charge in [0.05, 0.1) is 0 Å². The molecule has 28 heavy (non-hydrogen) atoms. The highest BCUT2D eigenvalue weighted by atomic mass is 16.1. The van der Waals surface area contributed by atoms with E-state index < -0.39 is 5.91 Å². The molecule has 0 bridgehead atoms. The minimum atomic E-state index is -0.534. The average molecular weight is 374 g/mol. The quantitative estimate of drug-likeness (QED) is 0.714. The molecule has 0 spiro atoms. The van der Waals surface area contributed by atoms with E-state index in [-0.39, 0.29) is 0 Å². The summed E-state index contributed by atoms with van der Waals surface area (Å²) in [6.45, 7) is 1.37. The standard InChI is InChI=1S/C21H22N6O/c1-26(2)17-9-7-16(8-10-17)24-21-23-11-18(19(22)28)20(25-21)27-12-14-5-3-4-6-15(14)13-27/h3-11H,12-13H2,1-2H3,(H2,22,28)(H,23,24,25). The van der Waals surface area contributed by atoms with Crippen molar-refractivity contribution >= 4 is 29.0 Å². The number of aromatic nitrogens is 2. The van der Waals surface area contributed by atoms with E-state index in [2.05, 4.69) is 27.4 Å². The first-order chi connectivity index (χ1) is 13.5. The van der Waals surface area contributed by atoms with Gasteiger partial charge in [0.25, 0.3) is 5.91 Å². The first-order valence-corrected chi connectivity index (χ1v) is 9.04. The molecule has 1 aliphatic rings. The van der Waals surface area contributed by atoms with Crippen LogP contribution in [0, 0.1) is 0 Å². The Kier molecular flexibility index (Phi) is 4.57. The zero-order chi connectivity index (χ0) is 19.7. The van der Waals surface area contributed by atoms with Gasteiger partial charge in [-0.25, -0.2) is 4.98 Å².